The van der Waals surface area contributed by atoms with Crippen LogP contribution in [0.15, 0.2) is 223 Å². The Morgan fingerprint density at radius 1 is 0.333 bits per heavy atom. The van der Waals surface area contributed by atoms with Crippen molar-refractivity contribution in [2.45, 2.75) is 0 Å². The van der Waals surface area contributed by atoms with Gasteiger partial charge in [0.1, 0.15) is 21.9 Å². The maximum Gasteiger partial charge on any atom is 0.259 e. The molecular weight excluding hydrogens is 1100 g/mol. The fraction of sp³-hybridized carbons (Fsp3) is 0. The van der Waals surface area contributed by atoms with Crippen molar-refractivity contribution in [1.29, 1.82) is 0 Å². The predicted molar refractivity (Wildman–Crippen MR) is 320 cm³/mol. The van der Waals surface area contributed by atoms with Gasteiger partial charge in [-0.15, -0.1) is 0 Å². The summed E-state index contributed by atoms with van der Waals surface area (Å²) in [6.07, 6.45) is 3.48. The topological polar surface area (TPSA) is 148 Å². The monoisotopic (exact) mass is 1140 g/mol. The summed E-state index contributed by atoms with van der Waals surface area (Å²) in [5.41, 5.74) is 7.58. The molecule has 0 spiro atoms. The highest BCUT2D eigenvalue weighted by Gasteiger charge is 2.12. The maximum atomic E-state index is 11.9. The highest BCUT2D eigenvalue weighted by molar-refractivity contribution is 6.35. The van der Waals surface area contributed by atoms with Gasteiger partial charge in [0.25, 0.3) is 5.56 Å². The van der Waals surface area contributed by atoms with Gasteiger partial charge in [-0.25, -0.2) is 34.9 Å². The second-order valence-corrected chi connectivity index (χ2v) is 19.4. The molecular formula is C61H38Cl6N10O. The second kappa shape index (κ2) is 24.7. The van der Waals surface area contributed by atoms with E-state index in [1.54, 1.807) is 30.6 Å². The van der Waals surface area contributed by atoms with Crippen LogP contribution in [0.3, 0.4) is 0 Å². The van der Waals surface area contributed by atoms with Crippen molar-refractivity contribution in [2.75, 3.05) is 5.32 Å². The Kier molecular flexibility index (Phi) is 16.8. The molecule has 0 unspecified atom stereocenters. The van der Waals surface area contributed by atoms with Crippen LogP contribution >= 0.6 is 69.6 Å². The first kappa shape index (κ1) is 53.0. The molecule has 2 N–H and O–H groups in total. The van der Waals surface area contributed by atoms with Crippen molar-refractivity contribution in [2.24, 2.45) is 0 Å². The number of hydrogen-bond acceptors (Lipinski definition) is 10. The zero-order chi connectivity index (χ0) is 54.0. The lowest BCUT2D eigenvalue weighted by Crippen LogP contribution is -2.09. The van der Waals surface area contributed by atoms with E-state index in [2.05, 4.69) is 45.2 Å². The average molecular weight is 1140 g/mol. The number of halogens is 6. The van der Waals surface area contributed by atoms with Crippen LogP contribution < -0.4 is 10.9 Å². The largest absolute Gasteiger partial charge is 0.340 e. The van der Waals surface area contributed by atoms with Gasteiger partial charge in [0.15, 0.2) is 17.5 Å². The van der Waals surface area contributed by atoms with Gasteiger partial charge in [-0.05, 0) is 158 Å². The average Bonchev–Trinajstić information content (AvgIpc) is 3.52. The third kappa shape index (κ3) is 13.1. The van der Waals surface area contributed by atoms with Gasteiger partial charge >= 0.3 is 0 Å². The summed E-state index contributed by atoms with van der Waals surface area (Å²) in [6, 6.07) is 63.8. The lowest BCUT2D eigenvalue weighted by atomic mass is 10.2. The number of para-hydroxylation sites is 4. The molecule has 0 atom stereocenters. The third-order valence-corrected chi connectivity index (χ3v) is 13.3. The van der Waals surface area contributed by atoms with E-state index in [0.29, 0.717) is 64.6 Å². The molecule has 380 valence electrons. The number of H-pyrrole nitrogens is 1. The van der Waals surface area contributed by atoms with Crippen LogP contribution in [0.25, 0.3) is 89.2 Å². The van der Waals surface area contributed by atoms with Crippen molar-refractivity contribution in [3.8, 4) is 45.6 Å². The Morgan fingerprint density at radius 2 is 0.679 bits per heavy atom. The maximum absolute atomic E-state index is 11.9. The standard InChI is InChI=1S/C19H13ClN4.2C14H8Cl2N2.C14H9ClN2O/c20-14-7-5-13(6-8-14)18-23-17-4-2-1-3-16(17)19(24-18)22-15-9-11-21-12-10-15;2*15-10-7-5-9(6-8-10)14-17-12-4-2-1-3-11(12)13(16)18-14;15-10-7-5-9(6-8-10)13-16-12-4-2-1-3-11(12)14(18)17-13/h1-12H,(H,21,22,23,24);2*1-8H;1-8H,(H,16,17,18). The third-order valence-electron chi connectivity index (χ3n) is 11.7. The van der Waals surface area contributed by atoms with E-state index < -0.39 is 0 Å². The molecule has 0 aliphatic carbocycles. The van der Waals surface area contributed by atoms with Gasteiger partial charge < -0.3 is 10.3 Å². The number of aromatic nitrogens is 9. The number of anilines is 2. The lowest BCUT2D eigenvalue weighted by molar-refractivity contribution is 1.18. The molecule has 5 heterocycles. The molecule has 8 aromatic carbocycles. The zero-order valence-corrected chi connectivity index (χ0v) is 45.1. The van der Waals surface area contributed by atoms with Crippen LogP contribution in [0.4, 0.5) is 11.5 Å². The Balaban J connectivity index is 0.000000119. The number of fused-ring (bicyclic) bond motifs is 4. The number of hydrogen-bond donors (Lipinski definition) is 2. The number of aromatic amines is 1. The molecule has 13 rings (SSSR count). The first-order chi connectivity index (χ1) is 38.0. The number of nitrogens with zero attached hydrogens (tertiary/aromatic N) is 8. The molecule has 0 fully saturated rings. The summed E-state index contributed by atoms with van der Waals surface area (Å²) in [6.45, 7) is 0. The first-order valence-electron chi connectivity index (χ1n) is 23.8. The molecule has 13 aromatic rings. The highest BCUT2D eigenvalue weighted by atomic mass is 35.5. The predicted octanol–water partition coefficient (Wildman–Crippen LogP) is 17.5. The zero-order valence-electron chi connectivity index (χ0n) is 40.5. The molecule has 0 aliphatic rings. The second-order valence-electron chi connectivity index (χ2n) is 16.9. The lowest BCUT2D eigenvalue weighted by Gasteiger charge is -2.11. The molecule has 0 radical (unpaired) electrons. The minimum atomic E-state index is -0.134. The van der Waals surface area contributed by atoms with Crippen LogP contribution in [0.1, 0.15) is 0 Å². The van der Waals surface area contributed by atoms with Crippen LogP contribution in [-0.2, 0) is 0 Å². The van der Waals surface area contributed by atoms with Crippen molar-refractivity contribution in [1.82, 2.24) is 44.9 Å². The summed E-state index contributed by atoms with van der Waals surface area (Å²) in [7, 11) is 0. The van der Waals surface area contributed by atoms with E-state index in [1.807, 2.05) is 188 Å². The number of benzene rings is 8. The van der Waals surface area contributed by atoms with Crippen molar-refractivity contribution in [3.63, 3.8) is 0 Å². The van der Waals surface area contributed by atoms with Crippen molar-refractivity contribution < 1.29 is 0 Å². The summed E-state index contributed by atoms with van der Waals surface area (Å²) >= 11 is 35.9. The van der Waals surface area contributed by atoms with Crippen LogP contribution in [-0.4, -0.2) is 44.9 Å². The summed E-state index contributed by atoms with van der Waals surface area (Å²) in [5.74, 6) is 3.18. The van der Waals surface area contributed by atoms with E-state index in [1.165, 1.54) is 0 Å². The first-order valence-corrected chi connectivity index (χ1v) is 26.1. The molecule has 17 heteroatoms. The quantitative estimate of drug-likeness (QED) is 0.154. The smallest absolute Gasteiger partial charge is 0.259 e. The van der Waals surface area contributed by atoms with E-state index in [9.17, 15) is 4.79 Å². The number of pyridine rings is 1. The molecule has 78 heavy (non-hydrogen) atoms. The van der Waals surface area contributed by atoms with E-state index in [0.717, 1.165) is 66.5 Å². The van der Waals surface area contributed by atoms with E-state index >= 15 is 0 Å². The Morgan fingerprint density at radius 3 is 1.12 bits per heavy atom. The Bertz CT molecular complexity index is 4140. The van der Waals surface area contributed by atoms with Gasteiger partial charge in [-0.1, -0.05) is 118 Å². The molecule has 0 amide bonds. The van der Waals surface area contributed by atoms with Gasteiger partial charge in [-0.3, -0.25) is 9.78 Å². The summed E-state index contributed by atoms with van der Waals surface area (Å²) in [4.78, 5) is 50.2. The van der Waals surface area contributed by atoms with Crippen LogP contribution in [0, 0.1) is 0 Å². The van der Waals surface area contributed by atoms with Gasteiger partial charge in [0.05, 0.1) is 27.5 Å². The van der Waals surface area contributed by atoms with Gasteiger partial charge in [0, 0.05) is 76.6 Å². The van der Waals surface area contributed by atoms with Gasteiger partial charge in [-0.2, -0.15) is 0 Å². The van der Waals surface area contributed by atoms with E-state index in [4.69, 9.17) is 74.6 Å². The highest BCUT2D eigenvalue weighted by Crippen LogP contribution is 2.30. The van der Waals surface area contributed by atoms with Crippen LogP contribution in [0.2, 0.25) is 30.4 Å². The number of rotatable bonds is 6. The molecule has 11 nitrogen and oxygen atoms in total. The van der Waals surface area contributed by atoms with Crippen molar-refractivity contribution in [3.05, 3.63) is 259 Å². The Labute approximate surface area is 476 Å². The van der Waals surface area contributed by atoms with Gasteiger partial charge in [0.2, 0.25) is 0 Å². The molecule has 0 saturated carbocycles. The molecule has 0 saturated heterocycles. The summed E-state index contributed by atoms with van der Waals surface area (Å²) in [5, 5.41) is 10.3. The Hall–Kier alpha value is -8.39. The van der Waals surface area contributed by atoms with E-state index in [-0.39, 0.29) is 5.56 Å². The number of nitrogens with one attached hydrogen (secondary N) is 2. The fourth-order valence-electron chi connectivity index (χ4n) is 7.83. The van der Waals surface area contributed by atoms with Crippen LogP contribution in [0.5, 0.6) is 0 Å². The molecule has 0 aliphatic heterocycles. The molecule has 5 aromatic heterocycles. The molecule has 0 bridgehead atoms. The minimum Gasteiger partial charge on any atom is -0.340 e. The van der Waals surface area contributed by atoms with Crippen molar-refractivity contribution >= 4 is 125 Å². The summed E-state index contributed by atoms with van der Waals surface area (Å²) < 4.78 is 0. The SMILES string of the molecule is Clc1ccc(-c2nc(Cl)c3ccccc3n2)cc1.Clc1ccc(-c2nc(Cl)c3ccccc3n2)cc1.Clc1ccc(-c2nc(Nc3ccncc3)c3ccccc3n2)cc1.O=c1[nH]c(-c2ccc(Cl)cc2)nc2ccccc12. The minimum absolute atomic E-state index is 0.134. The normalized spacial score (nSPS) is 10.7. The fourth-order valence-corrected chi connectivity index (χ4v) is 8.82.